The summed E-state index contributed by atoms with van der Waals surface area (Å²) in [6.07, 6.45) is -0.468. The molecule has 0 atom stereocenters. The molecule has 4 aromatic carbocycles. The van der Waals surface area contributed by atoms with Crippen LogP contribution >= 0.6 is 45.9 Å². The van der Waals surface area contributed by atoms with E-state index in [1.807, 2.05) is 53.2 Å². The number of aromatic nitrogens is 2. The molecular weight excluding hydrogens is 936 g/mol. The minimum absolute atomic E-state index is 0. The molecule has 0 aliphatic carbocycles. The number of hydrazone groups is 1. The number of carbonyl (C=O) groups is 5. The van der Waals surface area contributed by atoms with E-state index in [0.29, 0.717) is 32.2 Å². The zero-order valence-corrected chi connectivity index (χ0v) is 38.2. The van der Waals surface area contributed by atoms with E-state index in [0.717, 1.165) is 22.5 Å². The third-order valence-corrected chi connectivity index (χ3v) is 9.86. The number of hydrogen-bond donors (Lipinski definition) is 3. The van der Waals surface area contributed by atoms with Gasteiger partial charge in [-0.15, -0.1) is 22.7 Å². The summed E-state index contributed by atoms with van der Waals surface area (Å²) in [5.41, 5.74) is 9.76. The standard InChI is InChI=1S/C22H20ClN3O5S.C13H14O6.C9H8ClN3S.CH4/c1-14(2)31-22(28)30-13-29-20(27)16-8-4-3-7-15(16)11-24-26-21-25-19(12-32-21)17-9-5-6-10-18(17)23;1-9(2)19-13(16)18-8-17-12(15)11-6-4-3-5-10(11)7-14;10-7-4-2-1-3-6(7)8-5-14-9(12-8)13-11;/h3-12,14H,13H2,1-2H3,(H,25,26);3-7,9H,8H2,1-2H3;1-5H,11H2,(H,12,13);1H4/b24-11+;;;. The van der Waals surface area contributed by atoms with Crippen LogP contribution in [0.1, 0.15) is 71.8 Å². The molecule has 4 N–H and O–H groups in total. The number of benzene rings is 4. The lowest BCUT2D eigenvalue weighted by Gasteiger charge is -2.09. The number of aldehydes is 1. The third-order valence-electron chi connectivity index (χ3n) is 7.68. The minimum Gasteiger partial charge on any atom is -0.431 e. The fourth-order valence-corrected chi connectivity index (χ4v) is 6.61. The topological polar surface area (TPSA) is 229 Å². The number of esters is 2. The second-order valence-corrected chi connectivity index (χ2v) is 15.6. The number of nitrogens with zero attached hydrogens (tertiary/aromatic N) is 3. The second kappa shape index (κ2) is 28.1. The molecule has 0 saturated heterocycles. The molecule has 0 aliphatic heterocycles. The van der Waals surface area contributed by atoms with Gasteiger partial charge in [0.1, 0.15) is 0 Å². The van der Waals surface area contributed by atoms with E-state index in [1.165, 1.54) is 41.0 Å². The van der Waals surface area contributed by atoms with E-state index < -0.39 is 37.8 Å². The molecule has 0 bridgehead atoms. The van der Waals surface area contributed by atoms with Gasteiger partial charge in [0.15, 0.2) is 11.4 Å². The largest absolute Gasteiger partial charge is 0.511 e. The van der Waals surface area contributed by atoms with Crippen molar-refractivity contribution in [3.8, 4) is 22.5 Å². The highest BCUT2D eigenvalue weighted by atomic mass is 35.5. The van der Waals surface area contributed by atoms with Gasteiger partial charge in [0, 0.05) is 43.1 Å². The second-order valence-electron chi connectivity index (χ2n) is 13.1. The van der Waals surface area contributed by atoms with Crippen LogP contribution in [0, 0.1) is 0 Å². The lowest BCUT2D eigenvalue weighted by atomic mass is 10.1. The van der Waals surface area contributed by atoms with E-state index in [9.17, 15) is 24.0 Å². The molecule has 348 valence electrons. The van der Waals surface area contributed by atoms with E-state index in [4.69, 9.17) is 48.0 Å². The number of nitrogens with two attached hydrogens (primary N) is 1. The zero-order chi connectivity index (χ0) is 47.1. The summed E-state index contributed by atoms with van der Waals surface area (Å²) in [5.74, 6) is 3.83. The van der Waals surface area contributed by atoms with Crippen molar-refractivity contribution in [2.24, 2.45) is 10.9 Å². The van der Waals surface area contributed by atoms with Crippen molar-refractivity contribution in [3.63, 3.8) is 0 Å². The molecule has 6 aromatic rings. The molecule has 0 radical (unpaired) electrons. The molecule has 0 amide bonds. The monoisotopic (exact) mass is 980 g/mol. The van der Waals surface area contributed by atoms with Gasteiger partial charge in [-0.05, 0) is 52.0 Å². The number of halogens is 2. The number of rotatable bonds is 15. The SMILES string of the molecule is C.CC(C)OC(=O)OCOC(=O)c1ccccc1/C=N/Nc1nc(-c2ccccc2Cl)cs1.CC(C)OC(=O)OCOC(=O)c1ccccc1C=O.NNc1nc(-c2ccccc2Cl)cs1. The number of nitrogen functional groups attached to an aromatic ring is 1. The predicted octanol–water partition coefficient (Wildman–Crippen LogP) is 11.1. The number of ether oxygens (including phenoxy) is 6. The average molecular weight is 982 g/mol. The van der Waals surface area contributed by atoms with Crippen molar-refractivity contribution in [1.29, 1.82) is 0 Å². The maximum absolute atomic E-state index is 12.3. The van der Waals surface area contributed by atoms with Crippen LogP contribution in [-0.4, -0.2) is 72.5 Å². The molecule has 0 saturated carbocycles. The number of hydrogen-bond acceptors (Lipinski definition) is 19. The van der Waals surface area contributed by atoms with Crippen molar-refractivity contribution in [2.75, 3.05) is 24.4 Å². The van der Waals surface area contributed by atoms with Gasteiger partial charge < -0.3 is 28.4 Å². The quantitative estimate of drug-likeness (QED) is 0.0165. The summed E-state index contributed by atoms with van der Waals surface area (Å²) in [6, 6.07) is 27.9. The Labute approximate surface area is 398 Å². The summed E-state index contributed by atoms with van der Waals surface area (Å²) in [4.78, 5) is 65.7. The summed E-state index contributed by atoms with van der Waals surface area (Å²) in [6.45, 7) is 5.55. The Bertz CT molecular complexity index is 2550. The Hall–Kier alpha value is -6.90. The average Bonchev–Trinajstić information content (AvgIpc) is 3.97. The summed E-state index contributed by atoms with van der Waals surface area (Å²) in [5, 5.41) is 10.5. The smallest absolute Gasteiger partial charge is 0.431 e. The molecule has 21 heteroatoms. The number of thiazole rings is 2. The van der Waals surface area contributed by atoms with Crippen LogP contribution in [0.3, 0.4) is 0 Å². The zero-order valence-electron chi connectivity index (χ0n) is 35.1. The first-order valence-corrected chi connectivity index (χ1v) is 21.6. The van der Waals surface area contributed by atoms with Crippen LogP contribution in [0.25, 0.3) is 22.5 Å². The van der Waals surface area contributed by atoms with Gasteiger partial charge in [-0.3, -0.25) is 15.6 Å². The lowest BCUT2D eigenvalue weighted by Crippen LogP contribution is -2.17. The molecule has 0 spiro atoms. The molecule has 0 fully saturated rings. The van der Waals surface area contributed by atoms with Gasteiger partial charge in [-0.25, -0.2) is 35.0 Å². The van der Waals surface area contributed by atoms with E-state index >= 15 is 0 Å². The summed E-state index contributed by atoms with van der Waals surface area (Å²) in [7, 11) is 0. The highest BCUT2D eigenvalue weighted by molar-refractivity contribution is 7.14. The molecule has 2 aromatic heterocycles. The number of anilines is 2. The van der Waals surface area contributed by atoms with Crippen LogP contribution in [0.4, 0.5) is 19.9 Å². The highest BCUT2D eigenvalue weighted by Gasteiger charge is 2.15. The van der Waals surface area contributed by atoms with Crippen molar-refractivity contribution < 1.29 is 52.4 Å². The van der Waals surface area contributed by atoms with Gasteiger partial charge in [0.05, 0.1) is 40.9 Å². The molecule has 2 heterocycles. The van der Waals surface area contributed by atoms with Gasteiger partial charge >= 0.3 is 24.2 Å². The third kappa shape index (κ3) is 17.6. The van der Waals surface area contributed by atoms with Crippen molar-refractivity contribution >= 4 is 92.9 Å². The first-order valence-electron chi connectivity index (χ1n) is 19.1. The Kier molecular flexibility index (Phi) is 22.8. The highest BCUT2D eigenvalue weighted by Crippen LogP contribution is 2.31. The Morgan fingerprint density at radius 1 is 0.652 bits per heavy atom. The van der Waals surface area contributed by atoms with Crippen molar-refractivity contribution in [1.82, 2.24) is 9.97 Å². The van der Waals surface area contributed by atoms with Crippen LogP contribution in [0.2, 0.25) is 10.0 Å². The Balaban J connectivity index is 0.000000288. The van der Waals surface area contributed by atoms with Crippen LogP contribution in [0.5, 0.6) is 0 Å². The fourth-order valence-electron chi connectivity index (χ4n) is 4.86. The molecule has 66 heavy (non-hydrogen) atoms. The summed E-state index contributed by atoms with van der Waals surface area (Å²) < 4.78 is 28.4. The van der Waals surface area contributed by atoms with Gasteiger partial charge in [-0.1, -0.05) is 103 Å². The first-order chi connectivity index (χ1) is 31.3. The number of hydrazine groups is 1. The van der Waals surface area contributed by atoms with E-state index in [1.54, 1.807) is 70.2 Å². The van der Waals surface area contributed by atoms with Crippen molar-refractivity contribution in [2.45, 2.75) is 47.3 Å². The van der Waals surface area contributed by atoms with Gasteiger partial charge in [0.2, 0.25) is 18.7 Å². The Morgan fingerprint density at radius 3 is 1.53 bits per heavy atom. The minimum atomic E-state index is -0.925. The Morgan fingerprint density at radius 2 is 1.08 bits per heavy atom. The predicted molar refractivity (Wildman–Crippen MR) is 255 cm³/mol. The number of carbonyl (C=O) groups excluding carboxylic acids is 5. The molecule has 0 aliphatic rings. The fraction of sp³-hybridized carbons (Fsp3) is 0.200. The van der Waals surface area contributed by atoms with Crippen LogP contribution in [0.15, 0.2) is 113 Å². The lowest BCUT2D eigenvalue weighted by molar-refractivity contribution is -0.0361. The normalized spacial score (nSPS) is 10.3. The molecular formula is C45H46Cl2N6O11S2. The van der Waals surface area contributed by atoms with Gasteiger partial charge in [0.25, 0.3) is 0 Å². The van der Waals surface area contributed by atoms with Gasteiger partial charge in [-0.2, -0.15) is 5.10 Å². The maximum Gasteiger partial charge on any atom is 0.511 e. The van der Waals surface area contributed by atoms with Crippen LogP contribution in [-0.2, 0) is 28.4 Å². The maximum atomic E-state index is 12.3. The summed E-state index contributed by atoms with van der Waals surface area (Å²) >= 11 is 15.1. The molecule has 6 rings (SSSR count). The van der Waals surface area contributed by atoms with E-state index in [2.05, 4.69) is 35.4 Å². The molecule has 0 unspecified atom stereocenters. The van der Waals surface area contributed by atoms with Crippen molar-refractivity contribution in [3.05, 3.63) is 140 Å². The number of nitrogens with one attached hydrogen (secondary N) is 2. The van der Waals surface area contributed by atoms with E-state index in [-0.39, 0.29) is 36.3 Å². The molecule has 17 nitrogen and oxygen atoms in total. The van der Waals surface area contributed by atoms with Crippen LogP contribution < -0.4 is 16.7 Å². The first kappa shape index (κ1) is 53.4.